The molecule has 2 aromatic heterocycles. The zero-order valence-corrected chi connectivity index (χ0v) is 22.2. The summed E-state index contributed by atoms with van der Waals surface area (Å²) >= 11 is 6.12. The van der Waals surface area contributed by atoms with Gasteiger partial charge in [0.05, 0.1) is 22.7 Å². The van der Waals surface area contributed by atoms with Gasteiger partial charge in [-0.15, -0.1) is 0 Å². The summed E-state index contributed by atoms with van der Waals surface area (Å²) in [6.07, 6.45) is 6.05. The van der Waals surface area contributed by atoms with Crippen LogP contribution in [0.2, 0.25) is 5.02 Å². The van der Waals surface area contributed by atoms with Crippen LogP contribution in [-0.2, 0) is 11.8 Å². The number of hydrogen-bond donors (Lipinski definition) is 1. The summed E-state index contributed by atoms with van der Waals surface area (Å²) < 4.78 is 4.21. The maximum Gasteiger partial charge on any atom is 0.219 e. The molecule has 0 spiro atoms. The van der Waals surface area contributed by atoms with Gasteiger partial charge in [0.2, 0.25) is 11.5 Å². The monoisotopic (exact) mass is 516 g/mol. The molecule has 0 radical (unpaired) electrons. The number of carbonyl (C=O) groups is 1. The zero-order valence-electron chi connectivity index (χ0n) is 21.5. The summed E-state index contributed by atoms with van der Waals surface area (Å²) in [7, 11) is 1.97. The first-order valence-electron chi connectivity index (χ1n) is 13.2. The van der Waals surface area contributed by atoms with Gasteiger partial charge in [0.1, 0.15) is 0 Å². The molecule has 2 saturated heterocycles. The number of benzene rings is 2. The predicted molar refractivity (Wildman–Crippen MR) is 148 cm³/mol. The third-order valence-corrected chi connectivity index (χ3v) is 8.69. The molecule has 1 amide bonds. The summed E-state index contributed by atoms with van der Waals surface area (Å²) in [5.74, 6) is 0.188. The number of piperidine rings is 2. The molecule has 0 unspecified atom stereocenters. The first kappa shape index (κ1) is 24.2. The van der Waals surface area contributed by atoms with E-state index in [0.29, 0.717) is 11.7 Å². The Labute approximate surface area is 221 Å². The van der Waals surface area contributed by atoms with Gasteiger partial charge in [-0.05, 0) is 61.1 Å². The van der Waals surface area contributed by atoms with E-state index in [2.05, 4.69) is 27.7 Å². The number of fused-ring (bicyclic) bond motifs is 3. The number of aromatic nitrogens is 3. The molecule has 2 aliphatic heterocycles. The van der Waals surface area contributed by atoms with Gasteiger partial charge in [-0.2, -0.15) is 0 Å². The Balaban J connectivity index is 1.32. The Kier molecular flexibility index (Phi) is 6.29. The number of nitrogens with one attached hydrogen (secondary N) is 1. The highest BCUT2D eigenvalue weighted by Crippen LogP contribution is 2.33. The van der Waals surface area contributed by atoms with Crippen LogP contribution in [0.15, 0.2) is 48.7 Å². The molecule has 0 aliphatic carbocycles. The highest BCUT2D eigenvalue weighted by Gasteiger charge is 2.30. The average molecular weight is 517 g/mol. The lowest BCUT2D eigenvalue weighted by molar-refractivity contribution is -0.130. The molecule has 2 fully saturated rings. The number of halogens is 1. The minimum atomic E-state index is 0.188. The maximum atomic E-state index is 11.7. The van der Waals surface area contributed by atoms with E-state index >= 15 is 0 Å². The number of likely N-dealkylation sites (tertiary alicyclic amines) is 2. The van der Waals surface area contributed by atoms with E-state index in [0.717, 1.165) is 89.9 Å². The summed E-state index contributed by atoms with van der Waals surface area (Å²) in [5.41, 5.74) is 5.79. The first-order valence-corrected chi connectivity index (χ1v) is 13.6. The molecule has 4 aromatic rings. The molecule has 37 heavy (non-hydrogen) atoms. The lowest BCUT2D eigenvalue weighted by Crippen LogP contribution is -2.49. The van der Waals surface area contributed by atoms with Crippen LogP contribution >= 0.6 is 11.6 Å². The first-order chi connectivity index (χ1) is 17.9. The Morgan fingerprint density at radius 2 is 1.59 bits per heavy atom. The molecule has 2 aromatic carbocycles. The quantitative estimate of drug-likeness (QED) is 0.417. The number of rotatable bonds is 3. The smallest absolute Gasteiger partial charge is 0.219 e. The minimum Gasteiger partial charge on any atom is -0.343 e. The highest BCUT2D eigenvalue weighted by molar-refractivity contribution is 6.30. The number of pyridine rings is 1. The van der Waals surface area contributed by atoms with Crippen LogP contribution in [0.5, 0.6) is 0 Å². The molecule has 4 heterocycles. The molecule has 6 rings (SSSR count). The van der Waals surface area contributed by atoms with Crippen molar-refractivity contribution in [1.82, 2.24) is 23.9 Å². The van der Waals surface area contributed by atoms with Crippen LogP contribution in [0.4, 0.5) is 0 Å². The van der Waals surface area contributed by atoms with Crippen molar-refractivity contribution < 1.29 is 4.79 Å². The predicted octanol–water partition coefficient (Wildman–Crippen LogP) is 4.98. The Hall–Kier alpha value is -3.16. The number of amides is 1. The summed E-state index contributed by atoms with van der Waals surface area (Å²) in [5, 5.41) is 10.8. The fourth-order valence-corrected chi connectivity index (χ4v) is 6.41. The van der Waals surface area contributed by atoms with Crippen LogP contribution in [-0.4, -0.2) is 62.0 Å². The van der Waals surface area contributed by atoms with Gasteiger partial charge in [0.15, 0.2) is 0 Å². The van der Waals surface area contributed by atoms with Gasteiger partial charge in [-0.3, -0.25) is 15.2 Å². The number of aryl methyl sites for hydroxylation is 1. The van der Waals surface area contributed by atoms with Gasteiger partial charge >= 0.3 is 0 Å². The average Bonchev–Trinajstić information content (AvgIpc) is 3.19. The van der Waals surface area contributed by atoms with E-state index < -0.39 is 0 Å². The number of hydrogen-bond acceptors (Lipinski definition) is 4. The molecule has 8 heteroatoms. The van der Waals surface area contributed by atoms with Gasteiger partial charge < -0.3 is 18.9 Å². The fourth-order valence-electron chi connectivity index (χ4n) is 6.28. The topological polar surface area (TPSA) is 70.2 Å². The van der Waals surface area contributed by atoms with Crippen LogP contribution < -0.4 is 5.62 Å². The molecule has 0 atom stereocenters. The van der Waals surface area contributed by atoms with Crippen molar-refractivity contribution in [2.75, 3.05) is 26.2 Å². The lowest BCUT2D eigenvalue weighted by atomic mass is 9.97. The molecule has 0 saturated carbocycles. The van der Waals surface area contributed by atoms with Gasteiger partial charge in [-0.1, -0.05) is 29.8 Å². The van der Waals surface area contributed by atoms with Crippen molar-refractivity contribution in [3.8, 4) is 11.1 Å². The molecule has 1 N–H and O–H groups in total. The van der Waals surface area contributed by atoms with E-state index in [4.69, 9.17) is 22.0 Å². The maximum absolute atomic E-state index is 11.7. The second-order valence-electron chi connectivity index (χ2n) is 10.5. The van der Waals surface area contributed by atoms with Gasteiger partial charge in [0.25, 0.3) is 0 Å². The third-order valence-electron chi connectivity index (χ3n) is 8.44. The lowest BCUT2D eigenvalue weighted by Gasteiger charge is -2.42. The minimum absolute atomic E-state index is 0.188. The second-order valence-corrected chi connectivity index (χ2v) is 10.9. The standard InChI is InChI=1S/C29H33ClN6O/c1-19(37)34-13-9-23(10-14-34)35-15-11-24(12-16-35)36-28-25-17-21(20-3-6-22(30)7-4-20)5-8-26(25)32-18-27(28)33(2)29(36)31/h3-8,17-18,23-24,31H,9-16H2,1-2H3. The van der Waals surface area contributed by atoms with Crippen LogP contribution in [0.3, 0.4) is 0 Å². The second kappa shape index (κ2) is 9.62. The largest absolute Gasteiger partial charge is 0.343 e. The normalized spacial score (nSPS) is 18.2. The molecule has 7 nitrogen and oxygen atoms in total. The fraction of sp³-hybridized carbons (Fsp3) is 0.414. The van der Waals surface area contributed by atoms with Gasteiger partial charge in [-0.25, -0.2) is 0 Å². The number of imidazole rings is 1. The van der Waals surface area contributed by atoms with Crippen molar-refractivity contribution >= 4 is 39.4 Å². The third kappa shape index (κ3) is 4.34. The van der Waals surface area contributed by atoms with Crippen molar-refractivity contribution in [2.24, 2.45) is 7.05 Å². The Bertz CT molecular complexity index is 1520. The molecular formula is C29H33ClN6O. The SMILES string of the molecule is CC(=O)N1CCC(N2CCC(n3c(=N)n(C)c4cnc5ccc(-c6ccc(Cl)cc6)cc5c43)CC2)CC1. The Morgan fingerprint density at radius 3 is 2.27 bits per heavy atom. The van der Waals surface area contributed by atoms with E-state index in [1.165, 1.54) is 0 Å². The molecular weight excluding hydrogens is 484 g/mol. The number of carbonyl (C=O) groups excluding carboxylic acids is 1. The summed E-state index contributed by atoms with van der Waals surface area (Å²) in [6, 6.07) is 15.1. The Morgan fingerprint density at radius 1 is 0.946 bits per heavy atom. The molecule has 2 aliphatic rings. The van der Waals surface area contributed by atoms with Crippen molar-refractivity contribution in [1.29, 1.82) is 5.41 Å². The van der Waals surface area contributed by atoms with Crippen molar-refractivity contribution in [3.05, 3.63) is 59.3 Å². The molecule has 192 valence electrons. The van der Waals surface area contributed by atoms with Crippen LogP contribution in [0, 0.1) is 5.41 Å². The van der Waals surface area contributed by atoms with Crippen molar-refractivity contribution in [3.63, 3.8) is 0 Å². The van der Waals surface area contributed by atoms with E-state index in [1.54, 1.807) is 6.92 Å². The highest BCUT2D eigenvalue weighted by atomic mass is 35.5. The van der Waals surface area contributed by atoms with Gasteiger partial charge in [0, 0.05) is 62.6 Å². The zero-order chi connectivity index (χ0) is 25.7. The molecule has 0 bridgehead atoms. The van der Waals surface area contributed by atoms with E-state index in [-0.39, 0.29) is 11.9 Å². The van der Waals surface area contributed by atoms with Crippen LogP contribution in [0.25, 0.3) is 33.1 Å². The van der Waals surface area contributed by atoms with Crippen molar-refractivity contribution in [2.45, 2.75) is 44.7 Å². The summed E-state index contributed by atoms with van der Waals surface area (Å²) in [6.45, 7) is 5.45. The van der Waals surface area contributed by atoms with E-state index in [1.807, 2.05) is 47.0 Å². The van der Waals surface area contributed by atoms with E-state index in [9.17, 15) is 4.79 Å². The summed E-state index contributed by atoms with van der Waals surface area (Å²) in [4.78, 5) is 21.0. The number of nitrogens with zero attached hydrogens (tertiary/aromatic N) is 5. The van der Waals surface area contributed by atoms with Crippen LogP contribution in [0.1, 0.15) is 38.6 Å².